The largest absolute Gasteiger partial charge is 0.396 e. The molecule has 3 rings (SSSR count). The lowest BCUT2D eigenvalue weighted by Crippen LogP contribution is -2.32. The van der Waals surface area contributed by atoms with E-state index in [9.17, 15) is 14.0 Å². The van der Waals surface area contributed by atoms with E-state index in [1.165, 1.54) is 29.2 Å². The molecule has 4 nitrogen and oxygen atoms in total. The quantitative estimate of drug-likeness (QED) is 0.818. The van der Waals surface area contributed by atoms with E-state index >= 15 is 0 Å². The number of anilines is 1. The number of aliphatic hydroxyl groups is 1. The number of rotatable bonds is 5. The van der Waals surface area contributed by atoms with Crippen LogP contribution in [0.4, 0.5) is 10.1 Å². The fourth-order valence-corrected chi connectivity index (χ4v) is 3.72. The Labute approximate surface area is 155 Å². The van der Waals surface area contributed by atoms with Crippen molar-refractivity contribution in [3.8, 4) is 0 Å². The highest BCUT2D eigenvalue weighted by molar-refractivity contribution is 8.04. The van der Waals surface area contributed by atoms with E-state index < -0.39 is 17.6 Å². The average molecular weight is 371 g/mol. The Morgan fingerprint density at radius 2 is 1.73 bits per heavy atom. The maximum atomic E-state index is 13.3. The lowest BCUT2D eigenvalue weighted by molar-refractivity contribution is -0.119. The Hall–Kier alpha value is -2.44. The first kappa shape index (κ1) is 18.4. The number of halogens is 1. The SMILES string of the molecule is Cc1cccc(N2C(=O)C(SCCO)=C(c3ccc(F)cc3)C2=O)c1C. The highest BCUT2D eigenvalue weighted by atomic mass is 32.2. The summed E-state index contributed by atoms with van der Waals surface area (Å²) in [5.74, 6) is -0.973. The van der Waals surface area contributed by atoms with Crippen LogP contribution in [-0.2, 0) is 9.59 Å². The van der Waals surface area contributed by atoms with Gasteiger partial charge in [-0.2, -0.15) is 0 Å². The van der Waals surface area contributed by atoms with Gasteiger partial charge in [0.2, 0.25) is 0 Å². The second kappa shape index (κ2) is 7.43. The van der Waals surface area contributed by atoms with Crippen LogP contribution in [-0.4, -0.2) is 29.3 Å². The zero-order valence-corrected chi connectivity index (χ0v) is 15.3. The van der Waals surface area contributed by atoms with Crippen molar-refractivity contribution in [1.29, 1.82) is 0 Å². The van der Waals surface area contributed by atoms with Crippen LogP contribution in [0.15, 0.2) is 47.4 Å². The van der Waals surface area contributed by atoms with Gasteiger partial charge in [-0.05, 0) is 48.7 Å². The van der Waals surface area contributed by atoms with Crippen molar-refractivity contribution in [3.05, 3.63) is 69.9 Å². The second-order valence-corrected chi connectivity index (χ2v) is 7.05. The maximum absolute atomic E-state index is 13.3. The number of aliphatic hydroxyl groups excluding tert-OH is 1. The van der Waals surface area contributed by atoms with Crippen molar-refractivity contribution in [2.45, 2.75) is 13.8 Å². The summed E-state index contributed by atoms with van der Waals surface area (Å²) in [6.07, 6.45) is 0. The van der Waals surface area contributed by atoms with Gasteiger partial charge in [0.25, 0.3) is 11.8 Å². The standard InChI is InChI=1S/C20H18FNO3S/c1-12-4-3-5-16(13(12)2)22-19(24)17(14-6-8-15(21)9-7-14)18(20(22)25)26-11-10-23/h3-9,23H,10-11H2,1-2H3. The minimum Gasteiger partial charge on any atom is -0.396 e. The number of benzene rings is 2. The summed E-state index contributed by atoms with van der Waals surface area (Å²) < 4.78 is 13.3. The average Bonchev–Trinajstić information content (AvgIpc) is 2.87. The molecule has 1 aliphatic heterocycles. The summed E-state index contributed by atoms with van der Waals surface area (Å²) in [6, 6.07) is 10.9. The molecule has 6 heteroatoms. The Morgan fingerprint density at radius 1 is 1.04 bits per heavy atom. The van der Waals surface area contributed by atoms with Crippen LogP contribution >= 0.6 is 11.8 Å². The molecular weight excluding hydrogens is 353 g/mol. The van der Waals surface area contributed by atoms with Crippen LogP contribution < -0.4 is 4.90 Å². The summed E-state index contributed by atoms with van der Waals surface area (Å²) in [6.45, 7) is 3.66. The van der Waals surface area contributed by atoms with Gasteiger partial charge in [0.1, 0.15) is 5.82 Å². The number of aryl methyl sites for hydroxylation is 1. The number of amides is 2. The summed E-state index contributed by atoms with van der Waals surface area (Å²) >= 11 is 1.14. The van der Waals surface area contributed by atoms with Crippen LogP contribution in [0.2, 0.25) is 0 Å². The van der Waals surface area contributed by atoms with Crippen molar-refractivity contribution < 1.29 is 19.1 Å². The van der Waals surface area contributed by atoms with Crippen LogP contribution in [0.1, 0.15) is 16.7 Å². The molecule has 0 bridgehead atoms. The predicted octanol–water partition coefficient (Wildman–Crippen LogP) is 3.45. The van der Waals surface area contributed by atoms with Gasteiger partial charge in [-0.1, -0.05) is 24.3 Å². The molecule has 0 aliphatic carbocycles. The van der Waals surface area contributed by atoms with Crippen molar-refractivity contribution >= 4 is 34.8 Å². The number of imide groups is 1. The molecule has 0 saturated heterocycles. The van der Waals surface area contributed by atoms with Crippen molar-refractivity contribution in [1.82, 2.24) is 0 Å². The molecule has 0 saturated carbocycles. The zero-order valence-electron chi connectivity index (χ0n) is 14.5. The van der Waals surface area contributed by atoms with Gasteiger partial charge in [-0.3, -0.25) is 9.59 Å². The van der Waals surface area contributed by atoms with Crippen LogP contribution in [0.5, 0.6) is 0 Å². The normalized spacial score (nSPS) is 14.5. The minimum absolute atomic E-state index is 0.115. The molecule has 2 amide bonds. The summed E-state index contributed by atoms with van der Waals surface area (Å²) in [5.41, 5.74) is 3.09. The number of thioether (sulfide) groups is 1. The Bertz CT molecular complexity index is 906. The third-order valence-electron chi connectivity index (χ3n) is 4.33. The van der Waals surface area contributed by atoms with Crippen LogP contribution in [0.3, 0.4) is 0 Å². The molecule has 26 heavy (non-hydrogen) atoms. The molecule has 1 heterocycles. The smallest absolute Gasteiger partial charge is 0.272 e. The molecule has 2 aromatic rings. The van der Waals surface area contributed by atoms with Gasteiger partial charge >= 0.3 is 0 Å². The molecule has 0 atom stereocenters. The topological polar surface area (TPSA) is 57.6 Å². The molecular formula is C20H18FNO3S. The van der Waals surface area contributed by atoms with E-state index in [-0.39, 0.29) is 17.1 Å². The molecule has 2 aromatic carbocycles. The summed E-state index contributed by atoms with van der Waals surface area (Å²) in [5, 5.41) is 9.13. The number of carbonyl (C=O) groups excluding carboxylic acids is 2. The molecule has 0 spiro atoms. The lowest BCUT2D eigenvalue weighted by atomic mass is 10.1. The van der Waals surface area contributed by atoms with Gasteiger partial charge < -0.3 is 5.11 Å². The zero-order chi connectivity index (χ0) is 18.8. The third kappa shape index (κ3) is 3.18. The monoisotopic (exact) mass is 371 g/mol. The van der Waals surface area contributed by atoms with Gasteiger partial charge in [0, 0.05) is 5.75 Å². The molecule has 0 fully saturated rings. The van der Waals surface area contributed by atoms with Gasteiger partial charge in [-0.15, -0.1) is 11.8 Å². The van der Waals surface area contributed by atoms with E-state index in [2.05, 4.69) is 0 Å². The molecule has 0 radical (unpaired) electrons. The first-order valence-corrected chi connectivity index (χ1v) is 9.13. The van der Waals surface area contributed by atoms with E-state index in [4.69, 9.17) is 5.11 Å². The Kier molecular flexibility index (Phi) is 5.25. The number of nitrogens with zero attached hydrogens (tertiary/aromatic N) is 1. The van der Waals surface area contributed by atoms with Crippen molar-refractivity contribution in [2.75, 3.05) is 17.3 Å². The lowest BCUT2D eigenvalue weighted by Gasteiger charge is -2.19. The fourth-order valence-electron chi connectivity index (χ4n) is 2.86. The highest BCUT2D eigenvalue weighted by Crippen LogP contribution is 2.39. The Morgan fingerprint density at radius 3 is 2.38 bits per heavy atom. The van der Waals surface area contributed by atoms with Gasteiger partial charge in [0.15, 0.2) is 0 Å². The van der Waals surface area contributed by atoms with Crippen molar-refractivity contribution in [2.24, 2.45) is 0 Å². The molecule has 0 aromatic heterocycles. The Balaban J connectivity index is 2.11. The fraction of sp³-hybridized carbons (Fsp3) is 0.200. The summed E-state index contributed by atoms with van der Waals surface area (Å²) in [7, 11) is 0. The van der Waals surface area contributed by atoms with Crippen LogP contribution in [0, 0.1) is 19.7 Å². The predicted molar refractivity (Wildman–Crippen MR) is 101 cm³/mol. The highest BCUT2D eigenvalue weighted by Gasteiger charge is 2.40. The second-order valence-electron chi connectivity index (χ2n) is 5.95. The van der Waals surface area contributed by atoms with E-state index in [0.29, 0.717) is 17.0 Å². The third-order valence-corrected chi connectivity index (χ3v) is 5.38. The van der Waals surface area contributed by atoms with E-state index in [1.807, 2.05) is 19.9 Å². The van der Waals surface area contributed by atoms with Gasteiger partial charge in [-0.25, -0.2) is 9.29 Å². The number of hydrogen-bond donors (Lipinski definition) is 1. The number of hydrogen-bond acceptors (Lipinski definition) is 4. The van der Waals surface area contributed by atoms with Crippen LogP contribution in [0.25, 0.3) is 5.57 Å². The van der Waals surface area contributed by atoms with E-state index in [0.717, 1.165) is 22.9 Å². The summed E-state index contributed by atoms with van der Waals surface area (Å²) in [4.78, 5) is 27.6. The first-order valence-electron chi connectivity index (χ1n) is 8.14. The molecule has 134 valence electrons. The maximum Gasteiger partial charge on any atom is 0.272 e. The van der Waals surface area contributed by atoms with Crippen molar-refractivity contribution in [3.63, 3.8) is 0 Å². The van der Waals surface area contributed by atoms with E-state index in [1.54, 1.807) is 12.1 Å². The van der Waals surface area contributed by atoms with Gasteiger partial charge in [0.05, 0.1) is 22.8 Å². The first-order chi connectivity index (χ1) is 12.5. The molecule has 0 unspecified atom stereocenters. The molecule has 1 N–H and O–H groups in total. The molecule has 1 aliphatic rings. The number of carbonyl (C=O) groups is 2. The minimum atomic E-state index is -0.434.